The van der Waals surface area contributed by atoms with Crippen LogP contribution in [0.5, 0.6) is 5.75 Å². The lowest BCUT2D eigenvalue weighted by molar-refractivity contribution is -0.142. The predicted molar refractivity (Wildman–Crippen MR) is 142 cm³/mol. The van der Waals surface area contributed by atoms with Crippen molar-refractivity contribution >= 4 is 36.3 Å². The first kappa shape index (κ1) is 29.2. The van der Waals surface area contributed by atoms with Gasteiger partial charge in [0, 0.05) is 48.8 Å². The molecule has 39 heavy (non-hydrogen) atoms. The molecule has 0 aliphatic rings. The van der Waals surface area contributed by atoms with Gasteiger partial charge in [-0.15, -0.1) is 0 Å². The van der Waals surface area contributed by atoms with Crippen LogP contribution in [0.1, 0.15) is 17.0 Å². The predicted octanol–water partition coefficient (Wildman–Crippen LogP) is -1.34. The number of rotatable bonds is 14. The van der Waals surface area contributed by atoms with E-state index in [1.165, 1.54) is 37.2 Å². The molecule has 0 aliphatic carbocycles. The lowest BCUT2D eigenvalue weighted by Crippen LogP contribution is -2.58. The zero-order chi connectivity index (χ0) is 28.4. The number of carboxylic acid groups (broad SMARTS) is 1. The Morgan fingerprint density at radius 2 is 1.31 bits per heavy atom. The van der Waals surface area contributed by atoms with Crippen molar-refractivity contribution in [3.63, 3.8) is 0 Å². The molecule has 208 valence electrons. The maximum absolute atomic E-state index is 13.4. The Bertz CT molecular complexity index is 1240. The molecule has 0 radical (unpaired) electrons. The van der Waals surface area contributed by atoms with Gasteiger partial charge in [0.25, 0.3) is 0 Å². The van der Waals surface area contributed by atoms with E-state index in [0.29, 0.717) is 17.0 Å². The molecule has 2 heterocycles. The Labute approximate surface area is 228 Å². The fourth-order valence-corrected chi connectivity index (χ4v) is 3.79. The van der Waals surface area contributed by atoms with Gasteiger partial charge in [0.15, 0.2) is 0 Å². The number of nitrogens with one attached hydrogen (secondary N) is 5. The van der Waals surface area contributed by atoms with Gasteiger partial charge >= 0.3 is 5.97 Å². The zero-order valence-corrected chi connectivity index (χ0v) is 21.6. The van der Waals surface area contributed by atoms with Crippen LogP contribution >= 0.6 is 12.6 Å². The van der Waals surface area contributed by atoms with E-state index in [4.69, 9.17) is 5.73 Å². The van der Waals surface area contributed by atoms with E-state index in [2.05, 4.69) is 48.5 Å². The number of hydrogen-bond acceptors (Lipinski definition) is 9. The number of aromatic amines is 2. The summed E-state index contributed by atoms with van der Waals surface area (Å²) in [4.78, 5) is 64.4. The first-order valence-electron chi connectivity index (χ1n) is 11.9. The smallest absolute Gasteiger partial charge is 0.326 e. The number of amides is 3. The summed E-state index contributed by atoms with van der Waals surface area (Å²) in [6, 6.07) is 1.39. The summed E-state index contributed by atoms with van der Waals surface area (Å²) >= 11 is 4.02. The van der Waals surface area contributed by atoms with Crippen LogP contribution in [0, 0.1) is 0 Å². The summed E-state index contributed by atoms with van der Waals surface area (Å²) in [5.41, 5.74) is 7.39. The minimum absolute atomic E-state index is 0.0209. The number of hydrogen-bond donors (Lipinski definition) is 9. The molecule has 0 saturated carbocycles. The van der Waals surface area contributed by atoms with Gasteiger partial charge in [-0.25, -0.2) is 14.8 Å². The fraction of sp³-hybridized carbons (Fsp3) is 0.333. The van der Waals surface area contributed by atoms with E-state index in [-0.39, 0.29) is 30.8 Å². The summed E-state index contributed by atoms with van der Waals surface area (Å²) in [6.45, 7) is 0. The van der Waals surface area contributed by atoms with Crippen LogP contribution < -0.4 is 21.7 Å². The number of H-pyrrole nitrogens is 2. The van der Waals surface area contributed by atoms with Crippen molar-refractivity contribution in [2.75, 3.05) is 5.75 Å². The lowest BCUT2D eigenvalue weighted by Gasteiger charge is -2.25. The van der Waals surface area contributed by atoms with Gasteiger partial charge < -0.3 is 41.9 Å². The summed E-state index contributed by atoms with van der Waals surface area (Å²) in [7, 11) is 0. The van der Waals surface area contributed by atoms with Crippen LogP contribution in [0.15, 0.2) is 49.3 Å². The third kappa shape index (κ3) is 8.86. The lowest BCUT2D eigenvalue weighted by atomic mass is 10.0. The van der Waals surface area contributed by atoms with E-state index < -0.39 is 47.9 Å². The van der Waals surface area contributed by atoms with Crippen LogP contribution in [-0.2, 0) is 38.4 Å². The van der Waals surface area contributed by atoms with Gasteiger partial charge in [-0.2, -0.15) is 12.6 Å². The van der Waals surface area contributed by atoms with Gasteiger partial charge in [0.2, 0.25) is 17.7 Å². The number of imidazole rings is 2. The molecule has 9 N–H and O–H groups in total. The molecule has 0 spiro atoms. The summed E-state index contributed by atoms with van der Waals surface area (Å²) in [6.07, 6.45) is 5.62. The summed E-state index contributed by atoms with van der Waals surface area (Å²) in [5, 5.41) is 26.9. The van der Waals surface area contributed by atoms with E-state index in [1.807, 2.05) is 0 Å². The summed E-state index contributed by atoms with van der Waals surface area (Å²) in [5.74, 6) is -3.29. The van der Waals surface area contributed by atoms with Gasteiger partial charge in [-0.3, -0.25) is 14.4 Å². The second-order valence-corrected chi connectivity index (χ2v) is 9.11. The number of carboxylic acids is 1. The number of phenols is 1. The Hall–Kier alpha value is -4.37. The Morgan fingerprint density at radius 3 is 1.79 bits per heavy atom. The number of phenolic OH excluding ortho intramolecular Hbond substituents is 1. The number of aliphatic carboxylic acids is 1. The Morgan fingerprint density at radius 1 is 0.821 bits per heavy atom. The molecular weight excluding hydrogens is 528 g/mol. The van der Waals surface area contributed by atoms with Crippen molar-refractivity contribution in [3.05, 3.63) is 66.3 Å². The van der Waals surface area contributed by atoms with Crippen LogP contribution in [0.25, 0.3) is 0 Å². The standard InChI is InChI=1S/C24H30N8O6S/c25-17(10-39)21(34)30-18(5-13-1-3-16(33)4-2-13)22(35)31-19(6-14-8-26-11-28-14)23(36)32-20(24(37)38)7-15-9-27-12-29-15/h1-4,8-9,11-12,17-20,33,39H,5-7,10,25H2,(H,26,28)(H,27,29)(H,30,34)(H,31,35)(H,32,36)(H,37,38). The highest BCUT2D eigenvalue weighted by Crippen LogP contribution is 2.12. The molecule has 0 bridgehead atoms. The van der Waals surface area contributed by atoms with Gasteiger partial charge in [-0.1, -0.05) is 12.1 Å². The summed E-state index contributed by atoms with van der Waals surface area (Å²) < 4.78 is 0. The normalized spacial score (nSPS) is 14.0. The fourth-order valence-electron chi connectivity index (χ4n) is 3.63. The maximum atomic E-state index is 13.4. The second kappa shape index (κ2) is 14.0. The van der Waals surface area contributed by atoms with Crippen LogP contribution in [0.4, 0.5) is 0 Å². The van der Waals surface area contributed by atoms with Crippen LogP contribution in [0.3, 0.4) is 0 Å². The number of thiol groups is 1. The first-order chi connectivity index (χ1) is 18.7. The molecule has 0 aliphatic heterocycles. The molecule has 15 heteroatoms. The van der Waals surface area contributed by atoms with E-state index in [1.54, 1.807) is 12.1 Å². The van der Waals surface area contributed by atoms with E-state index in [9.17, 15) is 29.4 Å². The molecular formula is C24H30N8O6S. The quantitative estimate of drug-likeness (QED) is 0.107. The molecule has 4 atom stereocenters. The molecule has 1 aromatic carbocycles. The second-order valence-electron chi connectivity index (χ2n) is 8.74. The number of nitrogens with zero attached hydrogens (tertiary/aromatic N) is 2. The van der Waals surface area contributed by atoms with Crippen LogP contribution in [-0.4, -0.2) is 83.8 Å². The third-order valence-corrected chi connectivity index (χ3v) is 6.14. The van der Waals surface area contributed by atoms with Crippen molar-refractivity contribution in [3.8, 4) is 5.75 Å². The zero-order valence-electron chi connectivity index (χ0n) is 20.7. The van der Waals surface area contributed by atoms with E-state index in [0.717, 1.165) is 0 Å². The molecule has 0 fully saturated rings. The van der Waals surface area contributed by atoms with Gasteiger partial charge in [0.05, 0.1) is 18.7 Å². The number of carbonyl (C=O) groups excluding carboxylic acids is 3. The topological polar surface area (TPSA) is 228 Å². The van der Waals surface area contributed by atoms with Crippen molar-refractivity contribution < 1.29 is 29.4 Å². The molecule has 3 amide bonds. The molecule has 4 unspecified atom stereocenters. The van der Waals surface area contributed by atoms with Crippen LogP contribution in [0.2, 0.25) is 0 Å². The number of benzene rings is 1. The average Bonchev–Trinajstić information content (AvgIpc) is 3.62. The van der Waals surface area contributed by atoms with E-state index >= 15 is 0 Å². The molecule has 2 aromatic heterocycles. The third-order valence-electron chi connectivity index (χ3n) is 5.75. The maximum Gasteiger partial charge on any atom is 0.326 e. The highest BCUT2D eigenvalue weighted by Gasteiger charge is 2.31. The average molecular weight is 559 g/mol. The number of aromatic nitrogens is 4. The van der Waals surface area contributed by atoms with Crippen molar-refractivity contribution in [1.29, 1.82) is 0 Å². The molecule has 3 aromatic rings. The minimum Gasteiger partial charge on any atom is -0.508 e. The van der Waals surface area contributed by atoms with Gasteiger partial charge in [0.1, 0.15) is 23.9 Å². The highest BCUT2D eigenvalue weighted by molar-refractivity contribution is 7.80. The van der Waals surface area contributed by atoms with Gasteiger partial charge in [-0.05, 0) is 17.7 Å². The largest absolute Gasteiger partial charge is 0.508 e. The molecule has 14 nitrogen and oxygen atoms in total. The molecule has 3 rings (SSSR count). The monoisotopic (exact) mass is 558 g/mol. The SMILES string of the molecule is NC(CS)C(=O)NC(Cc1ccc(O)cc1)C(=O)NC(Cc1cnc[nH]1)C(=O)NC(Cc1cnc[nH]1)C(=O)O. The van der Waals surface area contributed by atoms with Crippen molar-refractivity contribution in [2.24, 2.45) is 5.73 Å². The van der Waals surface area contributed by atoms with Crippen molar-refractivity contribution in [1.82, 2.24) is 35.9 Å². The Kier molecular flexibility index (Phi) is 10.5. The van der Waals surface area contributed by atoms with Crippen molar-refractivity contribution in [2.45, 2.75) is 43.4 Å². The number of aromatic hydroxyl groups is 1. The first-order valence-corrected chi connectivity index (χ1v) is 12.5. The molecule has 0 saturated heterocycles. The Balaban J connectivity index is 1.81. The number of carbonyl (C=O) groups is 4. The number of nitrogens with two attached hydrogens (primary N) is 1. The highest BCUT2D eigenvalue weighted by atomic mass is 32.1. The minimum atomic E-state index is -1.31.